The number of hydrogen-bond acceptors (Lipinski definition) is 4. The van der Waals surface area contributed by atoms with Gasteiger partial charge in [-0.1, -0.05) is 50.2 Å². The van der Waals surface area contributed by atoms with E-state index in [4.69, 9.17) is 4.74 Å². The zero-order valence-corrected chi connectivity index (χ0v) is 14.6. The smallest absolute Gasteiger partial charge is 0.261 e. The van der Waals surface area contributed by atoms with Crippen LogP contribution in [0.4, 0.5) is 5.69 Å². The molecule has 2 aromatic rings. The Hall–Kier alpha value is -2.21. The summed E-state index contributed by atoms with van der Waals surface area (Å²) in [5, 5.41) is 13.3. The molecule has 5 heteroatoms. The maximum absolute atomic E-state index is 12.8. The number of anilines is 1. The average Bonchev–Trinajstić information content (AvgIpc) is 2.91. The maximum Gasteiger partial charge on any atom is 0.261 e. The molecular weight excluding hydrogens is 316 g/mol. The molecule has 0 aromatic heterocycles. The number of para-hydroxylation sites is 1. The Kier molecular flexibility index (Phi) is 5.48. The first-order chi connectivity index (χ1) is 12.1. The molecule has 1 amide bonds. The van der Waals surface area contributed by atoms with Gasteiger partial charge in [0.15, 0.2) is 6.23 Å². The summed E-state index contributed by atoms with van der Waals surface area (Å²) in [6.07, 6.45) is -1.16. The number of carbonyl (C=O) groups is 1. The van der Waals surface area contributed by atoms with Crippen molar-refractivity contribution in [2.24, 2.45) is 0 Å². The minimum atomic E-state index is -0.636. The normalized spacial score (nSPS) is 17.8. The van der Waals surface area contributed by atoms with Crippen LogP contribution in [0.15, 0.2) is 54.6 Å². The number of fused-ring (bicyclic) bond motifs is 1. The van der Waals surface area contributed by atoms with Crippen molar-refractivity contribution >= 4 is 11.6 Å². The third-order valence-corrected chi connectivity index (χ3v) is 4.15. The molecule has 0 spiro atoms. The Morgan fingerprint density at radius 1 is 1.12 bits per heavy atom. The van der Waals surface area contributed by atoms with E-state index in [1.807, 2.05) is 68.4 Å². The van der Waals surface area contributed by atoms with E-state index in [1.54, 1.807) is 4.90 Å². The minimum Gasteiger partial charge on any atom is -0.389 e. The fourth-order valence-corrected chi connectivity index (χ4v) is 2.92. The van der Waals surface area contributed by atoms with Crippen molar-refractivity contribution in [2.45, 2.75) is 32.2 Å². The van der Waals surface area contributed by atoms with Crippen molar-refractivity contribution in [3.05, 3.63) is 65.7 Å². The van der Waals surface area contributed by atoms with Crippen LogP contribution in [0.1, 0.15) is 36.0 Å². The summed E-state index contributed by atoms with van der Waals surface area (Å²) in [7, 11) is 0. The second-order valence-electron chi connectivity index (χ2n) is 6.50. The van der Waals surface area contributed by atoms with Crippen LogP contribution in [0.5, 0.6) is 0 Å². The largest absolute Gasteiger partial charge is 0.389 e. The third-order valence-electron chi connectivity index (χ3n) is 4.15. The molecule has 5 nitrogen and oxygen atoms in total. The summed E-state index contributed by atoms with van der Waals surface area (Å²) in [5.41, 5.74) is 2.26. The van der Waals surface area contributed by atoms with Crippen molar-refractivity contribution in [2.75, 3.05) is 18.1 Å². The van der Waals surface area contributed by atoms with Crippen molar-refractivity contribution in [1.29, 1.82) is 0 Å². The zero-order chi connectivity index (χ0) is 17.8. The van der Waals surface area contributed by atoms with E-state index in [1.165, 1.54) is 0 Å². The quantitative estimate of drug-likeness (QED) is 0.814. The lowest BCUT2D eigenvalue weighted by atomic mass is 10.1. The van der Waals surface area contributed by atoms with Crippen LogP contribution in [0, 0.1) is 0 Å². The van der Waals surface area contributed by atoms with Gasteiger partial charge >= 0.3 is 0 Å². The van der Waals surface area contributed by atoms with Gasteiger partial charge in [0.2, 0.25) is 0 Å². The number of rotatable bonds is 7. The number of nitrogens with one attached hydrogen (secondary N) is 1. The first-order valence-electron chi connectivity index (χ1n) is 8.58. The van der Waals surface area contributed by atoms with E-state index in [-0.39, 0.29) is 12.5 Å². The number of hydrogen-bond donors (Lipinski definition) is 2. The second kappa shape index (κ2) is 7.78. The molecule has 0 fully saturated rings. The summed E-state index contributed by atoms with van der Waals surface area (Å²) in [4.78, 5) is 14.5. The van der Waals surface area contributed by atoms with Gasteiger partial charge in [-0.2, -0.15) is 0 Å². The van der Waals surface area contributed by atoms with Gasteiger partial charge in [-0.3, -0.25) is 9.69 Å². The summed E-state index contributed by atoms with van der Waals surface area (Å²) in [6.45, 7) is 4.65. The second-order valence-corrected chi connectivity index (χ2v) is 6.50. The molecule has 132 valence electrons. The Bertz CT molecular complexity index is 718. The Labute approximate surface area is 148 Å². The molecule has 0 saturated carbocycles. The lowest BCUT2D eigenvalue weighted by molar-refractivity contribution is -0.00721. The fourth-order valence-electron chi connectivity index (χ4n) is 2.92. The summed E-state index contributed by atoms with van der Waals surface area (Å²) < 4.78 is 5.98. The van der Waals surface area contributed by atoms with Gasteiger partial charge in [0, 0.05) is 29.4 Å². The van der Waals surface area contributed by atoms with E-state index in [0.29, 0.717) is 18.2 Å². The predicted molar refractivity (Wildman–Crippen MR) is 97.5 cm³/mol. The summed E-state index contributed by atoms with van der Waals surface area (Å²) in [6, 6.07) is 17.2. The lowest BCUT2D eigenvalue weighted by Crippen LogP contribution is -2.36. The molecule has 0 radical (unpaired) electrons. The topological polar surface area (TPSA) is 61.8 Å². The third kappa shape index (κ3) is 3.90. The van der Waals surface area contributed by atoms with Gasteiger partial charge in [-0.15, -0.1) is 0 Å². The molecule has 2 atom stereocenters. The van der Waals surface area contributed by atoms with E-state index >= 15 is 0 Å². The number of nitrogens with zero attached hydrogens (tertiary/aromatic N) is 1. The zero-order valence-electron chi connectivity index (χ0n) is 14.6. The number of aliphatic hydroxyl groups excluding tert-OH is 1. The Morgan fingerprint density at radius 2 is 1.80 bits per heavy atom. The molecule has 25 heavy (non-hydrogen) atoms. The minimum absolute atomic E-state index is 0.0819. The van der Waals surface area contributed by atoms with Crippen LogP contribution in [0.2, 0.25) is 0 Å². The molecule has 0 saturated heterocycles. The monoisotopic (exact) mass is 340 g/mol. The van der Waals surface area contributed by atoms with Crippen molar-refractivity contribution in [3.8, 4) is 0 Å². The molecule has 2 aromatic carbocycles. The number of amides is 1. The van der Waals surface area contributed by atoms with Gasteiger partial charge in [0.1, 0.15) is 0 Å². The van der Waals surface area contributed by atoms with E-state index in [2.05, 4.69) is 5.32 Å². The van der Waals surface area contributed by atoms with Gasteiger partial charge in [0.05, 0.1) is 12.7 Å². The van der Waals surface area contributed by atoms with Gasteiger partial charge in [0.25, 0.3) is 5.91 Å². The van der Waals surface area contributed by atoms with Crippen LogP contribution in [0.3, 0.4) is 0 Å². The molecule has 1 heterocycles. The fraction of sp³-hybridized carbons (Fsp3) is 0.350. The standard InChI is InChI=1S/C20H24N2O3/c1-14(2)21-12-16(23)13-25-20-18-11-7-6-10-17(18)19(24)22(20)15-8-4-3-5-9-15/h3-11,14,16,20-21,23H,12-13H2,1-2H3/t16-,20-/m1/s1. The highest BCUT2D eigenvalue weighted by atomic mass is 16.5. The number of aliphatic hydroxyl groups is 1. The lowest BCUT2D eigenvalue weighted by Gasteiger charge is -2.26. The van der Waals surface area contributed by atoms with Crippen LogP contribution in [-0.2, 0) is 4.74 Å². The molecule has 2 N–H and O–H groups in total. The van der Waals surface area contributed by atoms with E-state index in [9.17, 15) is 9.90 Å². The van der Waals surface area contributed by atoms with E-state index < -0.39 is 12.3 Å². The Balaban J connectivity index is 1.79. The maximum atomic E-state index is 12.8. The number of benzene rings is 2. The molecule has 0 bridgehead atoms. The Morgan fingerprint density at radius 3 is 2.52 bits per heavy atom. The summed E-state index contributed by atoms with van der Waals surface area (Å²) >= 11 is 0. The highest BCUT2D eigenvalue weighted by Crippen LogP contribution is 2.38. The van der Waals surface area contributed by atoms with Crippen LogP contribution in [-0.4, -0.2) is 36.3 Å². The molecule has 1 aliphatic heterocycles. The van der Waals surface area contributed by atoms with Crippen molar-refractivity contribution in [1.82, 2.24) is 5.32 Å². The first kappa shape index (κ1) is 17.6. The van der Waals surface area contributed by atoms with E-state index in [0.717, 1.165) is 11.3 Å². The molecule has 0 unspecified atom stereocenters. The highest BCUT2D eigenvalue weighted by Gasteiger charge is 2.38. The molecular formula is C20H24N2O3. The van der Waals surface area contributed by atoms with Gasteiger partial charge < -0.3 is 15.2 Å². The number of ether oxygens (including phenoxy) is 1. The molecule has 1 aliphatic rings. The van der Waals surface area contributed by atoms with Crippen LogP contribution < -0.4 is 10.2 Å². The van der Waals surface area contributed by atoms with Gasteiger partial charge in [-0.05, 0) is 18.2 Å². The molecule has 0 aliphatic carbocycles. The van der Waals surface area contributed by atoms with Crippen LogP contribution in [0.25, 0.3) is 0 Å². The van der Waals surface area contributed by atoms with Crippen LogP contribution >= 0.6 is 0 Å². The van der Waals surface area contributed by atoms with Crippen molar-refractivity contribution in [3.63, 3.8) is 0 Å². The van der Waals surface area contributed by atoms with Gasteiger partial charge in [-0.25, -0.2) is 0 Å². The highest BCUT2D eigenvalue weighted by molar-refractivity contribution is 6.10. The average molecular weight is 340 g/mol. The molecule has 3 rings (SSSR count). The van der Waals surface area contributed by atoms with Crippen molar-refractivity contribution < 1.29 is 14.6 Å². The SMILES string of the molecule is CC(C)NC[C@@H](O)CO[C@@H]1c2ccccc2C(=O)N1c1ccccc1. The summed E-state index contributed by atoms with van der Waals surface area (Å²) in [5.74, 6) is -0.0819. The predicted octanol–water partition coefficient (Wildman–Crippen LogP) is 2.72. The first-order valence-corrected chi connectivity index (χ1v) is 8.58. The number of carbonyl (C=O) groups excluding carboxylic acids is 1.